The Morgan fingerprint density at radius 3 is 2.26 bits per heavy atom. The molecule has 0 spiro atoms. The van der Waals surface area contributed by atoms with E-state index in [0.717, 1.165) is 50.2 Å². The summed E-state index contributed by atoms with van der Waals surface area (Å²) < 4.78 is 73.3. The van der Waals surface area contributed by atoms with Gasteiger partial charge < -0.3 is 8.61 Å². The monoisotopic (exact) mass is 526 g/mol. The van der Waals surface area contributed by atoms with Gasteiger partial charge in [-0.1, -0.05) is 47.5 Å². The molecule has 2 rings (SSSR count). The highest BCUT2D eigenvalue weighted by atomic mass is 32.2. The van der Waals surface area contributed by atoms with Crippen molar-refractivity contribution in [2.45, 2.75) is 123 Å². The molecule has 1 fully saturated rings. The number of alkyl halides is 3. The van der Waals surface area contributed by atoms with E-state index < -0.39 is 23.9 Å². The van der Waals surface area contributed by atoms with Gasteiger partial charge in [0.15, 0.2) is 8.32 Å². The Bertz CT molecular complexity index is 812. The van der Waals surface area contributed by atoms with Crippen LogP contribution in [-0.2, 0) is 18.7 Å². The lowest BCUT2D eigenvalue weighted by Crippen LogP contribution is -2.44. The Balaban J connectivity index is 2.01. The van der Waals surface area contributed by atoms with Gasteiger partial charge >= 0.3 is 15.6 Å². The molecule has 0 aliphatic heterocycles. The molecule has 4 nitrogen and oxygen atoms in total. The summed E-state index contributed by atoms with van der Waals surface area (Å²) in [5.41, 5.74) is -5.81. The summed E-state index contributed by atoms with van der Waals surface area (Å²) in [5.74, 6) is 0.443. The fourth-order valence-electron chi connectivity index (χ4n) is 6.61. The van der Waals surface area contributed by atoms with Gasteiger partial charge in [-0.15, -0.1) is 0 Å². The Labute approximate surface area is 206 Å². The Morgan fingerprint density at radius 2 is 1.74 bits per heavy atom. The molecule has 0 radical (unpaired) electrons. The fourth-order valence-corrected chi connectivity index (χ4v) is 10.4. The summed E-state index contributed by atoms with van der Waals surface area (Å²) in [4.78, 5) is 0. The molecular formula is C25H45F3O4SSi. The first kappa shape index (κ1) is 29.7. The summed E-state index contributed by atoms with van der Waals surface area (Å²) in [6.45, 7) is 15.5. The van der Waals surface area contributed by atoms with Crippen LogP contribution >= 0.6 is 0 Å². The van der Waals surface area contributed by atoms with Crippen molar-refractivity contribution in [1.82, 2.24) is 0 Å². The van der Waals surface area contributed by atoms with Gasteiger partial charge in [0.2, 0.25) is 0 Å². The van der Waals surface area contributed by atoms with E-state index in [1.807, 2.05) is 0 Å². The largest absolute Gasteiger partial charge is 0.534 e. The van der Waals surface area contributed by atoms with Crippen molar-refractivity contribution in [3.05, 3.63) is 11.8 Å². The molecule has 200 valence electrons. The van der Waals surface area contributed by atoms with E-state index in [0.29, 0.717) is 24.7 Å². The van der Waals surface area contributed by atoms with Crippen molar-refractivity contribution in [1.29, 1.82) is 0 Å². The minimum Gasteiger partial charge on any atom is -0.412 e. The Morgan fingerprint density at radius 1 is 1.15 bits per heavy atom. The summed E-state index contributed by atoms with van der Waals surface area (Å²) >= 11 is 0. The van der Waals surface area contributed by atoms with Crippen molar-refractivity contribution >= 4 is 18.4 Å². The van der Waals surface area contributed by atoms with Gasteiger partial charge in [-0.2, -0.15) is 21.6 Å². The van der Waals surface area contributed by atoms with Crippen LogP contribution in [0.3, 0.4) is 0 Å². The van der Waals surface area contributed by atoms with Crippen LogP contribution in [-0.4, -0.2) is 27.8 Å². The maximum absolute atomic E-state index is 12.9. The molecule has 0 aromatic carbocycles. The van der Waals surface area contributed by atoms with Crippen molar-refractivity contribution in [2.75, 3.05) is 0 Å². The minimum atomic E-state index is -5.63. The normalized spacial score (nSPS) is 27.3. The molecule has 34 heavy (non-hydrogen) atoms. The second-order valence-electron chi connectivity index (χ2n) is 11.3. The molecule has 0 aromatic heterocycles. The van der Waals surface area contributed by atoms with Crippen LogP contribution in [0.5, 0.6) is 0 Å². The van der Waals surface area contributed by atoms with E-state index in [1.165, 1.54) is 0 Å². The van der Waals surface area contributed by atoms with Crippen LogP contribution < -0.4 is 0 Å². The van der Waals surface area contributed by atoms with Gasteiger partial charge in [-0.3, -0.25) is 0 Å². The number of hydrogen-bond acceptors (Lipinski definition) is 4. The van der Waals surface area contributed by atoms with Gasteiger partial charge in [0.05, 0.1) is 5.60 Å². The lowest BCUT2D eigenvalue weighted by Gasteiger charge is -2.43. The average molecular weight is 527 g/mol. The van der Waals surface area contributed by atoms with E-state index in [9.17, 15) is 21.6 Å². The third-order valence-electron chi connectivity index (χ3n) is 8.82. The highest BCUT2D eigenvalue weighted by Crippen LogP contribution is 2.59. The molecule has 0 heterocycles. The SMILES string of the molecule is CC[Si](CC)(CC)OC(C)(C)CCCC(C)[C@H]1CC[C@H]2C(OS(=O)(=O)C(F)(F)F)=CCC[C@]12C. The maximum Gasteiger partial charge on any atom is 0.534 e. The first-order valence-corrected chi connectivity index (χ1v) is 16.9. The highest BCUT2D eigenvalue weighted by molar-refractivity contribution is 7.87. The summed E-state index contributed by atoms with van der Waals surface area (Å²) in [5, 5.41) is 0. The van der Waals surface area contributed by atoms with E-state index >= 15 is 0 Å². The van der Waals surface area contributed by atoms with Gasteiger partial charge in [0.25, 0.3) is 0 Å². The van der Waals surface area contributed by atoms with Gasteiger partial charge in [-0.05, 0) is 87.4 Å². The summed E-state index contributed by atoms with van der Waals surface area (Å²) in [6, 6.07) is 3.39. The number of allylic oxidation sites excluding steroid dienone is 2. The number of hydrogen-bond donors (Lipinski definition) is 0. The predicted molar refractivity (Wildman–Crippen MR) is 133 cm³/mol. The molecule has 9 heteroatoms. The zero-order chi connectivity index (χ0) is 26.0. The van der Waals surface area contributed by atoms with Crippen molar-refractivity contribution in [3.63, 3.8) is 0 Å². The van der Waals surface area contributed by atoms with Crippen LogP contribution in [0.25, 0.3) is 0 Å². The van der Waals surface area contributed by atoms with Gasteiger partial charge in [0.1, 0.15) is 5.76 Å². The molecule has 1 saturated carbocycles. The number of rotatable bonds is 12. The topological polar surface area (TPSA) is 52.6 Å². The van der Waals surface area contributed by atoms with Gasteiger partial charge in [-0.25, -0.2) is 0 Å². The van der Waals surface area contributed by atoms with Crippen LogP contribution in [0.2, 0.25) is 18.1 Å². The molecule has 4 atom stereocenters. The fraction of sp³-hybridized carbons (Fsp3) is 0.920. The molecule has 0 saturated heterocycles. The van der Waals surface area contributed by atoms with Crippen molar-refractivity contribution in [3.8, 4) is 0 Å². The highest BCUT2D eigenvalue weighted by Gasteiger charge is 2.55. The third-order valence-corrected chi connectivity index (χ3v) is 14.7. The smallest absolute Gasteiger partial charge is 0.412 e. The second kappa shape index (κ2) is 10.8. The quantitative estimate of drug-likeness (QED) is 0.146. The zero-order valence-electron chi connectivity index (χ0n) is 22.1. The van der Waals surface area contributed by atoms with Crippen LogP contribution in [0.15, 0.2) is 11.8 Å². The first-order valence-electron chi connectivity index (χ1n) is 13.0. The summed E-state index contributed by atoms with van der Waals surface area (Å²) in [6.07, 6.45) is 7.53. The van der Waals surface area contributed by atoms with Crippen LogP contribution in [0, 0.1) is 23.2 Å². The first-order chi connectivity index (χ1) is 15.6. The maximum atomic E-state index is 12.9. The molecule has 1 unspecified atom stereocenters. The van der Waals surface area contributed by atoms with Crippen LogP contribution in [0.4, 0.5) is 13.2 Å². The van der Waals surface area contributed by atoms with Crippen LogP contribution in [0.1, 0.15) is 93.4 Å². The zero-order valence-corrected chi connectivity index (χ0v) is 23.9. The van der Waals surface area contributed by atoms with E-state index in [2.05, 4.69) is 52.6 Å². The van der Waals surface area contributed by atoms with E-state index in [1.54, 1.807) is 6.08 Å². The average Bonchev–Trinajstić information content (AvgIpc) is 3.09. The Kier molecular flexibility index (Phi) is 9.46. The molecule has 0 amide bonds. The predicted octanol–water partition coefficient (Wildman–Crippen LogP) is 8.17. The van der Waals surface area contributed by atoms with E-state index in [4.69, 9.17) is 4.43 Å². The number of fused-ring (bicyclic) bond motifs is 1. The molecule has 0 N–H and O–H groups in total. The van der Waals surface area contributed by atoms with E-state index in [-0.39, 0.29) is 22.7 Å². The van der Waals surface area contributed by atoms with Crippen molar-refractivity contribution < 1.29 is 30.2 Å². The molecule has 0 bridgehead atoms. The van der Waals surface area contributed by atoms with Crippen molar-refractivity contribution in [2.24, 2.45) is 23.2 Å². The molecule has 0 aromatic rings. The lowest BCUT2D eigenvalue weighted by molar-refractivity contribution is -0.0536. The second-order valence-corrected chi connectivity index (χ2v) is 17.6. The molecule has 2 aliphatic carbocycles. The van der Waals surface area contributed by atoms with Gasteiger partial charge in [0, 0.05) is 5.92 Å². The molecular weight excluding hydrogens is 481 g/mol. The Hall–Kier alpha value is -0.543. The molecule has 2 aliphatic rings. The summed E-state index contributed by atoms with van der Waals surface area (Å²) in [7, 11) is -7.31. The standard InChI is InChI=1S/C25H45F3O4SSi/c1-8-34(9-2,10-3)32-23(5,6)17-11-13-19(4)20-15-16-21-22(14-12-18-24(20,21)7)31-33(29,30)25(26,27)28/h14,19-21H,8-13,15-18H2,1-7H3/t19?,20-,21+,24-/m1/s1. The number of halogens is 3. The lowest BCUT2D eigenvalue weighted by atomic mass is 9.63. The third kappa shape index (κ3) is 6.41. The minimum absolute atomic E-state index is 0.00435.